The van der Waals surface area contributed by atoms with Crippen LogP contribution >= 0.6 is 22.7 Å². The van der Waals surface area contributed by atoms with Gasteiger partial charge in [-0.15, -0.1) is 22.7 Å². The van der Waals surface area contributed by atoms with E-state index in [1.165, 1.54) is 28.1 Å². The van der Waals surface area contributed by atoms with E-state index in [1.807, 2.05) is 17.5 Å². The molecule has 0 aliphatic carbocycles. The van der Waals surface area contributed by atoms with E-state index in [9.17, 15) is 18.0 Å². The first-order valence-electron chi connectivity index (χ1n) is 5.15. The topological polar surface area (TPSA) is 39.2 Å². The van der Waals surface area contributed by atoms with Gasteiger partial charge in [-0.1, -0.05) is 6.07 Å². The van der Waals surface area contributed by atoms with E-state index in [-0.39, 0.29) is 5.69 Å². The van der Waals surface area contributed by atoms with Gasteiger partial charge in [0.05, 0.1) is 4.88 Å². The minimum absolute atomic E-state index is 0.107. The molecular weight excluding hydrogens is 299 g/mol. The number of esters is 1. The van der Waals surface area contributed by atoms with Crippen molar-refractivity contribution < 1.29 is 22.7 Å². The second-order valence-electron chi connectivity index (χ2n) is 3.60. The van der Waals surface area contributed by atoms with Crippen molar-refractivity contribution in [2.24, 2.45) is 0 Å². The molecule has 0 aliphatic heterocycles. The molecule has 0 aliphatic rings. The Morgan fingerprint density at radius 1 is 1.42 bits per heavy atom. The van der Waals surface area contributed by atoms with Crippen molar-refractivity contribution >= 4 is 28.6 Å². The molecule has 0 saturated heterocycles. The van der Waals surface area contributed by atoms with Gasteiger partial charge in [-0.25, -0.2) is 9.78 Å². The largest absolute Gasteiger partial charge is 0.448 e. The average Bonchev–Trinajstić information content (AvgIpc) is 2.98. The maximum atomic E-state index is 12.3. The number of thiophene rings is 1. The van der Waals surface area contributed by atoms with Crippen LogP contribution in [0.2, 0.25) is 0 Å². The molecule has 2 aromatic rings. The van der Waals surface area contributed by atoms with Gasteiger partial charge in [0.15, 0.2) is 11.8 Å². The molecule has 0 bridgehead atoms. The molecule has 1 atom stereocenters. The fourth-order valence-electron chi connectivity index (χ4n) is 1.17. The molecule has 0 saturated carbocycles. The lowest BCUT2D eigenvalue weighted by molar-refractivity contribution is -0.198. The molecule has 1 unspecified atom stereocenters. The maximum absolute atomic E-state index is 12.3. The highest BCUT2D eigenvalue weighted by Crippen LogP contribution is 2.29. The number of alkyl halides is 3. The Balaban J connectivity index is 2.09. The highest BCUT2D eigenvalue weighted by molar-refractivity contribution is 7.20. The van der Waals surface area contributed by atoms with Gasteiger partial charge in [0.25, 0.3) is 0 Å². The molecule has 0 amide bonds. The lowest BCUT2D eigenvalue weighted by Crippen LogP contribution is -2.31. The van der Waals surface area contributed by atoms with Crippen LogP contribution in [0.15, 0.2) is 22.9 Å². The van der Waals surface area contributed by atoms with Crippen LogP contribution in [0.5, 0.6) is 0 Å². The first-order valence-corrected chi connectivity index (χ1v) is 6.91. The summed E-state index contributed by atoms with van der Waals surface area (Å²) in [4.78, 5) is 16.3. The third-order valence-electron chi connectivity index (χ3n) is 2.19. The van der Waals surface area contributed by atoms with Crippen molar-refractivity contribution in [3.63, 3.8) is 0 Å². The van der Waals surface area contributed by atoms with Crippen LogP contribution in [-0.4, -0.2) is 23.2 Å². The van der Waals surface area contributed by atoms with E-state index in [2.05, 4.69) is 9.72 Å². The summed E-state index contributed by atoms with van der Waals surface area (Å²) in [7, 11) is 0. The van der Waals surface area contributed by atoms with E-state index in [4.69, 9.17) is 0 Å². The number of halogens is 3. The minimum atomic E-state index is -4.57. The number of rotatable bonds is 3. The minimum Gasteiger partial charge on any atom is -0.448 e. The molecule has 2 heterocycles. The summed E-state index contributed by atoms with van der Waals surface area (Å²) in [6.07, 6.45) is -6.71. The highest BCUT2D eigenvalue weighted by Gasteiger charge is 2.39. The summed E-state index contributed by atoms with van der Waals surface area (Å²) in [5.41, 5.74) is -0.107. The van der Waals surface area contributed by atoms with Crippen LogP contribution in [0.4, 0.5) is 13.2 Å². The highest BCUT2D eigenvalue weighted by atomic mass is 32.1. The van der Waals surface area contributed by atoms with Gasteiger partial charge in [-0.05, 0) is 18.4 Å². The quantitative estimate of drug-likeness (QED) is 0.805. The summed E-state index contributed by atoms with van der Waals surface area (Å²) >= 11 is 2.62. The summed E-state index contributed by atoms with van der Waals surface area (Å²) < 4.78 is 41.1. The molecule has 0 radical (unpaired) electrons. The van der Waals surface area contributed by atoms with Crippen LogP contribution in [0, 0.1) is 0 Å². The number of hydrogen-bond acceptors (Lipinski definition) is 5. The van der Waals surface area contributed by atoms with Gasteiger partial charge in [-0.3, -0.25) is 0 Å². The van der Waals surface area contributed by atoms with Crippen molar-refractivity contribution in [1.82, 2.24) is 4.98 Å². The Bertz CT molecular complexity index is 563. The monoisotopic (exact) mass is 307 g/mol. The second kappa shape index (κ2) is 5.30. The number of carbonyl (C=O) groups excluding carboxylic acids is 1. The van der Waals surface area contributed by atoms with Crippen LogP contribution in [-0.2, 0) is 4.74 Å². The fraction of sp³-hybridized carbons (Fsp3) is 0.273. The van der Waals surface area contributed by atoms with E-state index in [0.717, 1.165) is 11.8 Å². The van der Waals surface area contributed by atoms with Gasteiger partial charge < -0.3 is 4.74 Å². The molecule has 0 fully saturated rings. The summed E-state index contributed by atoms with van der Waals surface area (Å²) in [5, 5.41) is 3.82. The van der Waals surface area contributed by atoms with Crippen molar-refractivity contribution in [3.05, 3.63) is 28.6 Å². The van der Waals surface area contributed by atoms with E-state index in [0.29, 0.717) is 5.01 Å². The zero-order valence-corrected chi connectivity index (χ0v) is 11.2. The Hall–Kier alpha value is -1.41. The second-order valence-corrected chi connectivity index (χ2v) is 5.41. The third kappa shape index (κ3) is 3.32. The Morgan fingerprint density at radius 3 is 2.74 bits per heavy atom. The molecule has 3 nitrogen and oxygen atoms in total. The van der Waals surface area contributed by atoms with Gasteiger partial charge in [0.1, 0.15) is 5.01 Å². The Kier molecular flexibility index (Phi) is 3.91. The SMILES string of the molecule is CC(OC(=O)c1csc(-c2cccs2)n1)C(F)(F)F. The lowest BCUT2D eigenvalue weighted by Gasteiger charge is -2.15. The first kappa shape index (κ1) is 14.0. The molecule has 19 heavy (non-hydrogen) atoms. The van der Waals surface area contributed by atoms with Crippen LogP contribution < -0.4 is 0 Å². The molecule has 102 valence electrons. The number of aromatic nitrogens is 1. The Morgan fingerprint density at radius 2 is 2.16 bits per heavy atom. The van der Waals surface area contributed by atoms with Crippen molar-refractivity contribution in [2.75, 3.05) is 0 Å². The standard InChI is InChI=1S/C11H8F3NO2S2/c1-6(11(12,13)14)17-10(16)7-5-19-9(15-7)8-3-2-4-18-8/h2-6H,1H3. The number of hydrogen-bond donors (Lipinski definition) is 0. The average molecular weight is 307 g/mol. The number of ether oxygens (including phenoxy) is 1. The third-order valence-corrected chi connectivity index (χ3v) is 4.07. The van der Waals surface area contributed by atoms with Crippen molar-refractivity contribution in [3.8, 4) is 9.88 Å². The van der Waals surface area contributed by atoms with Gasteiger partial charge in [0, 0.05) is 5.38 Å². The molecule has 0 N–H and O–H groups in total. The number of carbonyl (C=O) groups is 1. The maximum Gasteiger partial charge on any atom is 0.425 e. The van der Waals surface area contributed by atoms with Crippen LogP contribution in [0.25, 0.3) is 9.88 Å². The van der Waals surface area contributed by atoms with E-state index in [1.54, 1.807) is 0 Å². The summed E-state index contributed by atoms with van der Waals surface area (Å²) in [5.74, 6) is -1.07. The van der Waals surface area contributed by atoms with Gasteiger partial charge >= 0.3 is 12.1 Å². The predicted octanol–water partition coefficient (Wildman–Crippen LogP) is 3.98. The zero-order valence-electron chi connectivity index (χ0n) is 9.60. The summed E-state index contributed by atoms with van der Waals surface area (Å²) in [6.45, 7) is 0.782. The molecule has 2 aromatic heterocycles. The van der Waals surface area contributed by atoms with Gasteiger partial charge in [-0.2, -0.15) is 13.2 Å². The van der Waals surface area contributed by atoms with Crippen LogP contribution in [0.1, 0.15) is 17.4 Å². The number of thiazole rings is 1. The van der Waals surface area contributed by atoms with E-state index >= 15 is 0 Å². The van der Waals surface area contributed by atoms with Crippen LogP contribution in [0.3, 0.4) is 0 Å². The van der Waals surface area contributed by atoms with Crippen molar-refractivity contribution in [1.29, 1.82) is 0 Å². The number of nitrogens with zero attached hydrogens (tertiary/aromatic N) is 1. The Labute approximate surface area is 114 Å². The predicted molar refractivity (Wildman–Crippen MR) is 66.4 cm³/mol. The summed E-state index contributed by atoms with van der Waals surface area (Å²) in [6, 6.07) is 3.64. The first-order chi connectivity index (χ1) is 8.88. The van der Waals surface area contributed by atoms with Crippen molar-refractivity contribution in [2.45, 2.75) is 19.2 Å². The van der Waals surface area contributed by atoms with E-state index < -0.39 is 18.2 Å². The molecule has 0 spiro atoms. The normalized spacial score (nSPS) is 13.3. The molecular formula is C11H8F3NO2S2. The zero-order chi connectivity index (χ0) is 14.0. The smallest absolute Gasteiger partial charge is 0.425 e. The molecule has 0 aromatic carbocycles. The molecule has 2 rings (SSSR count). The molecule has 8 heteroatoms. The van der Waals surface area contributed by atoms with Gasteiger partial charge in [0.2, 0.25) is 0 Å². The lowest BCUT2D eigenvalue weighted by atomic mass is 10.4. The fourth-order valence-corrected chi connectivity index (χ4v) is 2.77.